The molecule has 0 bridgehead atoms. The van der Waals surface area contributed by atoms with Gasteiger partial charge in [-0.1, -0.05) is 11.6 Å². The van der Waals surface area contributed by atoms with Crippen molar-refractivity contribution in [3.05, 3.63) is 45.0 Å². The Bertz CT molecular complexity index is 1140. The highest BCUT2D eigenvalue weighted by Crippen LogP contribution is 2.42. The molecule has 1 aromatic heterocycles. The number of allylic oxidation sites excluding steroid dienone is 2. The van der Waals surface area contributed by atoms with E-state index in [0.717, 1.165) is 11.1 Å². The predicted molar refractivity (Wildman–Crippen MR) is 126 cm³/mol. The summed E-state index contributed by atoms with van der Waals surface area (Å²) in [6.45, 7) is 5.90. The van der Waals surface area contributed by atoms with Crippen molar-refractivity contribution in [2.24, 2.45) is 0 Å². The maximum atomic E-state index is 12.3. The van der Waals surface area contributed by atoms with Gasteiger partial charge < -0.3 is 24.6 Å². The second-order valence-electron chi connectivity index (χ2n) is 7.84. The maximum absolute atomic E-state index is 12.3. The molecule has 10 heteroatoms. The molecule has 0 fully saturated rings. The van der Waals surface area contributed by atoms with Crippen molar-refractivity contribution in [1.82, 2.24) is 4.98 Å². The molecule has 0 unspecified atom stereocenters. The number of phenols is 1. The van der Waals surface area contributed by atoms with Crippen molar-refractivity contribution in [3.8, 4) is 11.5 Å². The van der Waals surface area contributed by atoms with E-state index in [0.29, 0.717) is 47.2 Å². The highest BCUT2D eigenvalue weighted by atomic mass is 32.1. The van der Waals surface area contributed by atoms with Crippen molar-refractivity contribution in [1.29, 1.82) is 0 Å². The summed E-state index contributed by atoms with van der Waals surface area (Å²) in [4.78, 5) is 40.1. The Morgan fingerprint density at radius 1 is 1.35 bits per heavy atom. The lowest BCUT2D eigenvalue weighted by Gasteiger charge is -2.15. The number of aromatic hydroxyl groups is 1. The van der Waals surface area contributed by atoms with Crippen molar-refractivity contribution < 1.29 is 33.7 Å². The third kappa shape index (κ3) is 5.74. The minimum absolute atomic E-state index is 0.0677. The summed E-state index contributed by atoms with van der Waals surface area (Å²) >= 11 is 1.25. The van der Waals surface area contributed by atoms with Crippen LogP contribution in [-0.2, 0) is 38.5 Å². The lowest BCUT2D eigenvalue weighted by Crippen LogP contribution is -2.12. The standard InChI is InChI=1S/C24H28N2O7S/c1-5-32-19(28)10-15-12-34-24(25-15)26-18(27)9-7-13(2)6-8-16-21(29)20-17(11-33-23(20)30)14(3)22(16)31-4/h6,12,29H,5,7-11H2,1-4H3,(H,25,26,27)/b13-6+. The number of benzene rings is 1. The van der Waals surface area contributed by atoms with E-state index in [4.69, 9.17) is 14.2 Å². The molecule has 0 saturated carbocycles. The van der Waals surface area contributed by atoms with Gasteiger partial charge in [-0.25, -0.2) is 9.78 Å². The van der Waals surface area contributed by atoms with Crippen LogP contribution in [0.15, 0.2) is 17.0 Å². The zero-order valence-corrected chi connectivity index (χ0v) is 20.5. The molecule has 0 spiro atoms. The van der Waals surface area contributed by atoms with Crippen LogP contribution >= 0.6 is 11.3 Å². The highest BCUT2D eigenvalue weighted by molar-refractivity contribution is 7.13. The van der Waals surface area contributed by atoms with Crippen molar-refractivity contribution in [2.75, 3.05) is 19.0 Å². The molecular weight excluding hydrogens is 460 g/mol. The Morgan fingerprint density at radius 2 is 2.12 bits per heavy atom. The zero-order chi connectivity index (χ0) is 24.8. The minimum atomic E-state index is -0.538. The van der Waals surface area contributed by atoms with Crippen LogP contribution in [0.5, 0.6) is 11.5 Å². The van der Waals surface area contributed by atoms with Crippen LogP contribution in [-0.4, -0.2) is 41.7 Å². The summed E-state index contributed by atoms with van der Waals surface area (Å²) in [5, 5.41) is 15.6. The largest absolute Gasteiger partial charge is 0.507 e. The van der Waals surface area contributed by atoms with E-state index in [9.17, 15) is 19.5 Å². The summed E-state index contributed by atoms with van der Waals surface area (Å²) in [5.41, 5.74) is 3.62. The first-order chi connectivity index (χ1) is 16.2. The Morgan fingerprint density at radius 3 is 2.82 bits per heavy atom. The van der Waals surface area contributed by atoms with Crippen molar-refractivity contribution in [3.63, 3.8) is 0 Å². The number of ether oxygens (including phenoxy) is 3. The molecule has 9 nitrogen and oxygen atoms in total. The summed E-state index contributed by atoms with van der Waals surface area (Å²) in [6.07, 6.45) is 3.05. The second kappa shape index (κ2) is 11.1. The highest BCUT2D eigenvalue weighted by Gasteiger charge is 2.31. The third-order valence-electron chi connectivity index (χ3n) is 5.48. The van der Waals surface area contributed by atoms with E-state index in [1.807, 2.05) is 19.9 Å². The monoisotopic (exact) mass is 488 g/mol. The number of amides is 1. The van der Waals surface area contributed by atoms with E-state index >= 15 is 0 Å². The number of cyclic esters (lactones) is 1. The van der Waals surface area contributed by atoms with Gasteiger partial charge in [-0.2, -0.15) is 0 Å². The first-order valence-electron chi connectivity index (χ1n) is 10.9. The molecule has 0 saturated heterocycles. The topological polar surface area (TPSA) is 124 Å². The molecule has 2 aromatic rings. The number of nitrogens with one attached hydrogen (secondary N) is 1. The normalized spacial score (nSPS) is 12.8. The Kier molecular flexibility index (Phi) is 8.27. The molecule has 2 heterocycles. The zero-order valence-electron chi connectivity index (χ0n) is 19.6. The van der Waals surface area contributed by atoms with Gasteiger partial charge in [0.2, 0.25) is 5.91 Å². The van der Waals surface area contributed by atoms with Crippen LogP contribution in [0, 0.1) is 6.92 Å². The molecule has 3 rings (SSSR count). The van der Waals surface area contributed by atoms with Crippen LogP contribution in [0.2, 0.25) is 0 Å². The number of esters is 2. The molecule has 1 aliphatic rings. The van der Waals surface area contributed by atoms with E-state index in [2.05, 4.69) is 10.3 Å². The number of nitrogens with zero attached hydrogens (tertiary/aromatic N) is 1. The van der Waals surface area contributed by atoms with Crippen LogP contribution < -0.4 is 10.1 Å². The van der Waals surface area contributed by atoms with Gasteiger partial charge in [0, 0.05) is 22.9 Å². The number of carbonyl (C=O) groups excluding carboxylic acids is 3. The average molecular weight is 489 g/mol. The number of rotatable bonds is 10. The minimum Gasteiger partial charge on any atom is -0.507 e. The number of anilines is 1. The molecule has 1 aliphatic heterocycles. The first-order valence-corrected chi connectivity index (χ1v) is 11.8. The molecule has 0 radical (unpaired) electrons. The number of phenolic OH excluding ortho intramolecular Hbond substituents is 1. The summed E-state index contributed by atoms with van der Waals surface area (Å²) in [7, 11) is 1.52. The molecule has 1 aromatic carbocycles. The molecule has 2 N–H and O–H groups in total. The number of aromatic nitrogens is 1. The fourth-order valence-electron chi connectivity index (χ4n) is 3.70. The Hall–Kier alpha value is -3.40. The number of methoxy groups -OCH3 is 1. The summed E-state index contributed by atoms with van der Waals surface area (Å²) in [5.74, 6) is -0.682. The van der Waals surface area contributed by atoms with Gasteiger partial charge in [0.05, 0.1) is 25.8 Å². The average Bonchev–Trinajstić information content (AvgIpc) is 3.40. The Balaban J connectivity index is 1.58. The van der Waals surface area contributed by atoms with Crippen LogP contribution in [0.4, 0.5) is 5.13 Å². The molecule has 1 amide bonds. The van der Waals surface area contributed by atoms with E-state index in [-0.39, 0.29) is 42.6 Å². The van der Waals surface area contributed by atoms with Gasteiger partial charge in [-0.15, -0.1) is 11.3 Å². The van der Waals surface area contributed by atoms with E-state index < -0.39 is 5.97 Å². The van der Waals surface area contributed by atoms with Crippen LogP contribution in [0.25, 0.3) is 0 Å². The number of hydrogen-bond acceptors (Lipinski definition) is 9. The van der Waals surface area contributed by atoms with Gasteiger partial charge in [-0.05, 0) is 39.2 Å². The number of thiazole rings is 1. The summed E-state index contributed by atoms with van der Waals surface area (Å²) < 4.78 is 15.5. The maximum Gasteiger partial charge on any atom is 0.342 e. The van der Waals surface area contributed by atoms with E-state index in [1.54, 1.807) is 12.3 Å². The first kappa shape index (κ1) is 25.2. The summed E-state index contributed by atoms with van der Waals surface area (Å²) in [6, 6.07) is 0. The fourth-order valence-corrected chi connectivity index (χ4v) is 4.43. The van der Waals surface area contributed by atoms with Gasteiger partial charge in [-0.3, -0.25) is 9.59 Å². The molecular formula is C24H28N2O7S. The lowest BCUT2D eigenvalue weighted by molar-refractivity contribution is -0.142. The number of carbonyl (C=O) groups is 3. The van der Waals surface area contributed by atoms with Gasteiger partial charge in [0.25, 0.3) is 0 Å². The van der Waals surface area contributed by atoms with Crippen LogP contribution in [0.3, 0.4) is 0 Å². The predicted octanol–water partition coefficient (Wildman–Crippen LogP) is 3.85. The van der Waals surface area contributed by atoms with E-state index in [1.165, 1.54) is 18.4 Å². The molecule has 34 heavy (non-hydrogen) atoms. The molecule has 0 aliphatic carbocycles. The van der Waals surface area contributed by atoms with Gasteiger partial charge >= 0.3 is 11.9 Å². The van der Waals surface area contributed by atoms with Crippen molar-refractivity contribution in [2.45, 2.75) is 53.1 Å². The number of fused-ring (bicyclic) bond motifs is 1. The van der Waals surface area contributed by atoms with Crippen molar-refractivity contribution >= 4 is 34.3 Å². The smallest absolute Gasteiger partial charge is 0.342 e. The quantitative estimate of drug-likeness (QED) is 0.382. The van der Waals surface area contributed by atoms with Crippen LogP contribution in [0.1, 0.15) is 59.4 Å². The van der Waals surface area contributed by atoms with Gasteiger partial charge in [0.1, 0.15) is 23.7 Å². The Labute approximate surface area is 201 Å². The second-order valence-corrected chi connectivity index (χ2v) is 8.70. The number of hydrogen-bond donors (Lipinski definition) is 2. The molecule has 182 valence electrons. The third-order valence-corrected chi connectivity index (χ3v) is 6.28. The lowest BCUT2D eigenvalue weighted by atomic mass is 9.94. The van der Waals surface area contributed by atoms with Gasteiger partial charge in [0.15, 0.2) is 5.13 Å². The fraction of sp³-hybridized carbons (Fsp3) is 0.417. The SMILES string of the molecule is CCOC(=O)Cc1csc(NC(=O)CC/C(C)=C/Cc2c(O)c3c(c(C)c2OC)COC3=O)n1. The molecule has 0 atom stereocenters.